The Morgan fingerprint density at radius 3 is 2.11 bits per heavy atom. The lowest BCUT2D eigenvalue weighted by Gasteiger charge is -1.90. The SMILES string of the molecule is O=C(Cl)OS(=O)(=O)OF. The number of carbonyl (C=O) groups is 1. The van der Waals surface area contributed by atoms with Crippen molar-refractivity contribution in [3.05, 3.63) is 0 Å². The molecule has 0 unspecified atom stereocenters. The van der Waals surface area contributed by atoms with Crippen LogP contribution >= 0.6 is 11.6 Å². The van der Waals surface area contributed by atoms with Crippen LogP contribution < -0.4 is 0 Å². The van der Waals surface area contributed by atoms with Gasteiger partial charge in [0.1, 0.15) is 0 Å². The van der Waals surface area contributed by atoms with Crippen LogP contribution in [0.2, 0.25) is 0 Å². The fourth-order valence-corrected chi connectivity index (χ4v) is 0.511. The summed E-state index contributed by atoms with van der Waals surface area (Å²) in [5, 5.41) is 0. The van der Waals surface area contributed by atoms with Gasteiger partial charge in [0.15, 0.2) is 0 Å². The molecule has 0 aromatic carbocycles. The molecule has 54 valence electrons. The van der Waals surface area contributed by atoms with Crippen LogP contribution in [0.4, 0.5) is 9.32 Å². The smallest absolute Gasteiger partial charge is 0.309 e. The number of hydrogen-bond donors (Lipinski definition) is 0. The van der Waals surface area contributed by atoms with Crippen molar-refractivity contribution in [2.45, 2.75) is 0 Å². The van der Waals surface area contributed by atoms with Gasteiger partial charge >= 0.3 is 15.8 Å². The van der Waals surface area contributed by atoms with Gasteiger partial charge in [-0.15, -0.1) is 0 Å². The summed E-state index contributed by atoms with van der Waals surface area (Å²) in [5.74, 6) is 0. The molecule has 0 saturated heterocycles. The zero-order valence-corrected chi connectivity index (χ0v) is 5.28. The van der Waals surface area contributed by atoms with Crippen LogP contribution in [0.1, 0.15) is 0 Å². The molecule has 0 spiro atoms. The number of hydrogen-bond acceptors (Lipinski definition) is 5. The Morgan fingerprint density at radius 1 is 1.56 bits per heavy atom. The highest BCUT2D eigenvalue weighted by Gasteiger charge is 2.16. The van der Waals surface area contributed by atoms with E-state index in [1.165, 1.54) is 0 Å². The predicted molar refractivity (Wildman–Crippen MR) is 23.4 cm³/mol. The van der Waals surface area contributed by atoms with Gasteiger partial charge in [-0.1, -0.05) is 0 Å². The zero-order valence-electron chi connectivity index (χ0n) is 3.71. The fourth-order valence-electron chi connectivity index (χ4n) is 0.0931. The molecule has 0 heterocycles. The first-order valence-corrected chi connectivity index (χ1v) is 3.13. The summed E-state index contributed by atoms with van der Waals surface area (Å²) < 4.78 is 35.4. The molecule has 0 atom stereocenters. The van der Waals surface area contributed by atoms with Gasteiger partial charge in [0.05, 0.1) is 0 Å². The van der Waals surface area contributed by atoms with Crippen molar-refractivity contribution in [3.8, 4) is 0 Å². The van der Waals surface area contributed by atoms with Crippen molar-refractivity contribution in [1.29, 1.82) is 0 Å². The maximum absolute atomic E-state index is 10.7. The van der Waals surface area contributed by atoms with E-state index in [0.29, 0.717) is 0 Å². The van der Waals surface area contributed by atoms with E-state index in [1.54, 1.807) is 0 Å². The van der Waals surface area contributed by atoms with Gasteiger partial charge in [0.2, 0.25) is 0 Å². The minimum Gasteiger partial charge on any atom is -0.309 e. The Kier molecular flexibility index (Phi) is 2.82. The number of rotatable bonds is 2. The molecular weight excluding hydrogens is 179 g/mol. The van der Waals surface area contributed by atoms with E-state index >= 15 is 0 Å². The van der Waals surface area contributed by atoms with Gasteiger partial charge in [-0.05, 0) is 8.91 Å². The van der Waals surface area contributed by atoms with Crippen LogP contribution in [0.25, 0.3) is 0 Å². The summed E-state index contributed by atoms with van der Waals surface area (Å²) in [5.41, 5.74) is -1.69. The highest BCUT2D eigenvalue weighted by atomic mass is 35.5. The molecule has 0 aliphatic heterocycles. The first-order chi connectivity index (χ1) is 3.98. The quantitative estimate of drug-likeness (QED) is 0.576. The molecule has 5 nitrogen and oxygen atoms in total. The average molecular weight is 179 g/mol. The van der Waals surface area contributed by atoms with E-state index in [9.17, 15) is 17.7 Å². The Hall–Kier alpha value is -0.400. The average Bonchev–Trinajstić information content (AvgIpc) is 1.63. The maximum Gasteiger partial charge on any atom is 0.483 e. The topological polar surface area (TPSA) is 69.7 Å². The maximum atomic E-state index is 10.7. The summed E-state index contributed by atoms with van der Waals surface area (Å²) in [4.78, 5) is 9.54. The van der Waals surface area contributed by atoms with Gasteiger partial charge in [0, 0.05) is 11.6 Å². The molecule has 0 N–H and O–H groups in total. The molecule has 0 saturated carbocycles. The third kappa shape index (κ3) is 4.13. The number of halogens is 2. The third-order valence-electron chi connectivity index (χ3n) is 0.245. The number of carbonyl (C=O) groups excluding carboxylic acids is 1. The van der Waals surface area contributed by atoms with Crippen LogP contribution in [0.5, 0.6) is 0 Å². The Bertz CT molecular complexity index is 195. The lowest BCUT2D eigenvalue weighted by atomic mass is 11.6. The van der Waals surface area contributed by atoms with Crippen molar-refractivity contribution in [1.82, 2.24) is 0 Å². The van der Waals surface area contributed by atoms with Crippen molar-refractivity contribution in [3.63, 3.8) is 0 Å². The summed E-state index contributed by atoms with van der Waals surface area (Å²) in [6.07, 6.45) is 0. The summed E-state index contributed by atoms with van der Waals surface area (Å²) in [6.45, 7) is 0. The standard InChI is InChI=1S/CClFO5S/c2-1(4)7-9(5,6)8-3. The molecule has 0 rings (SSSR count). The highest BCUT2D eigenvalue weighted by molar-refractivity contribution is 7.82. The molecule has 0 aromatic heterocycles. The third-order valence-corrected chi connectivity index (χ3v) is 0.923. The molecular formula is CClFO5S. The summed E-state index contributed by atoms with van der Waals surface area (Å²) >= 11 is 4.35. The molecule has 0 amide bonds. The van der Waals surface area contributed by atoms with Gasteiger partial charge in [-0.2, -0.15) is 8.42 Å². The Balaban J connectivity index is 4.06. The minimum absolute atomic E-state index is 1.69. The van der Waals surface area contributed by atoms with Crippen molar-refractivity contribution in [2.75, 3.05) is 0 Å². The lowest BCUT2D eigenvalue weighted by molar-refractivity contribution is -0.0118. The van der Waals surface area contributed by atoms with Crippen LogP contribution in [-0.2, 0) is 19.0 Å². The predicted octanol–water partition coefficient (Wildman–Crippen LogP) is 0.508. The van der Waals surface area contributed by atoms with Crippen LogP contribution in [-0.4, -0.2) is 13.8 Å². The molecule has 0 fully saturated rings. The molecule has 0 aromatic rings. The molecule has 9 heavy (non-hydrogen) atoms. The van der Waals surface area contributed by atoms with E-state index in [1.807, 2.05) is 0 Å². The van der Waals surface area contributed by atoms with Crippen LogP contribution in [0.3, 0.4) is 0 Å². The lowest BCUT2D eigenvalue weighted by Crippen LogP contribution is -2.06. The molecule has 8 heteroatoms. The van der Waals surface area contributed by atoms with E-state index < -0.39 is 15.8 Å². The first kappa shape index (κ1) is 8.60. The second-order valence-corrected chi connectivity index (χ2v) is 2.21. The Labute approximate surface area is 54.5 Å². The minimum atomic E-state index is -4.87. The summed E-state index contributed by atoms with van der Waals surface area (Å²) in [6, 6.07) is 0. The second-order valence-electron chi connectivity index (χ2n) is 0.792. The highest BCUT2D eigenvalue weighted by Crippen LogP contribution is 1.99. The van der Waals surface area contributed by atoms with E-state index in [4.69, 9.17) is 0 Å². The van der Waals surface area contributed by atoms with E-state index in [0.717, 1.165) is 0 Å². The van der Waals surface area contributed by atoms with Gasteiger partial charge in [-0.25, -0.2) is 4.79 Å². The van der Waals surface area contributed by atoms with Gasteiger partial charge < -0.3 is 4.18 Å². The van der Waals surface area contributed by atoms with Gasteiger partial charge in [0.25, 0.3) is 0 Å². The van der Waals surface area contributed by atoms with Gasteiger partial charge in [-0.3, -0.25) is 0 Å². The molecule has 0 radical (unpaired) electrons. The zero-order chi connectivity index (χ0) is 7.49. The first-order valence-electron chi connectivity index (χ1n) is 1.42. The van der Waals surface area contributed by atoms with Crippen LogP contribution in [0, 0.1) is 0 Å². The van der Waals surface area contributed by atoms with E-state index in [-0.39, 0.29) is 0 Å². The van der Waals surface area contributed by atoms with Crippen molar-refractivity contribution in [2.24, 2.45) is 0 Å². The van der Waals surface area contributed by atoms with Crippen molar-refractivity contribution >= 4 is 27.4 Å². The molecule has 0 aliphatic rings. The van der Waals surface area contributed by atoms with Crippen molar-refractivity contribution < 1.29 is 26.3 Å². The Morgan fingerprint density at radius 2 is 2.00 bits per heavy atom. The second kappa shape index (κ2) is 2.95. The molecule has 0 bridgehead atoms. The fraction of sp³-hybridized carbons (Fsp3) is 0. The molecule has 0 aliphatic carbocycles. The van der Waals surface area contributed by atoms with E-state index in [2.05, 4.69) is 20.2 Å². The normalized spacial score (nSPS) is 10.9. The summed E-state index contributed by atoms with van der Waals surface area (Å²) in [7, 11) is -4.87. The van der Waals surface area contributed by atoms with Crippen LogP contribution in [0.15, 0.2) is 0 Å². The monoisotopic (exact) mass is 178 g/mol. The largest absolute Gasteiger partial charge is 0.483 e.